The van der Waals surface area contributed by atoms with Crippen molar-refractivity contribution in [2.45, 2.75) is 30.3 Å². The molecule has 0 unspecified atom stereocenters. The highest BCUT2D eigenvalue weighted by Gasteiger charge is 2.35. The third kappa shape index (κ3) is 3.52. The van der Waals surface area contributed by atoms with E-state index in [1.165, 1.54) is 40.9 Å². The molecule has 0 atom stereocenters. The third-order valence-corrected chi connectivity index (χ3v) is 7.50. The van der Waals surface area contributed by atoms with Crippen LogP contribution in [-0.2, 0) is 29.4 Å². The van der Waals surface area contributed by atoms with Crippen LogP contribution in [0.15, 0.2) is 65.1 Å². The first kappa shape index (κ1) is 17.9. The van der Waals surface area contributed by atoms with Gasteiger partial charge in [-0.3, -0.25) is 4.98 Å². The molecule has 0 N–H and O–H groups in total. The van der Waals surface area contributed by atoms with E-state index in [1.54, 1.807) is 4.31 Å². The Kier molecular flexibility index (Phi) is 4.79. The molecule has 1 aliphatic rings. The van der Waals surface area contributed by atoms with E-state index in [0.29, 0.717) is 19.4 Å². The molecule has 7 heteroatoms. The third-order valence-electron chi connectivity index (χ3n) is 4.78. The van der Waals surface area contributed by atoms with Gasteiger partial charge < -0.3 is 0 Å². The maximum Gasteiger partial charge on any atom is 0.245 e. The second kappa shape index (κ2) is 7.24. The Morgan fingerprint density at radius 1 is 1.15 bits per heavy atom. The van der Waals surface area contributed by atoms with Gasteiger partial charge in [-0.1, -0.05) is 30.3 Å². The molecule has 4 rings (SSSR count). The molecule has 27 heavy (non-hydrogen) atoms. The Morgan fingerprint density at radius 2 is 1.89 bits per heavy atom. The van der Waals surface area contributed by atoms with Crippen molar-refractivity contribution in [2.75, 3.05) is 0 Å². The van der Waals surface area contributed by atoms with Crippen LogP contribution >= 0.6 is 11.3 Å². The molecule has 0 saturated heterocycles. The van der Waals surface area contributed by atoms with Crippen LogP contribution in [0.25, 0.3) is 0 Å². The van der Waals surface area contributed by atoms with Crippen molar-refractivity contribution in [2.24, 2.45) is 0 Å². The molecule has 0 aliphatic heterocycles. The number of aromatic nitrogens is 1. The lowest BCUT2D eigenvalue weighted by Gasteiger charge is -2.27. The Labute approximate surface area is 162 Å². The molecule has 0 radical (unpaired) electrons. The first-order chi connectivity index (χ1) is 13.1. The fraction of sp³-hybridized carbons (Fsp3) is 0.200. The summed E-state index contributed by atoms with van der Waals surface area (Å²) >= 11 is 1.54. The van der Waals surface area contributed by atoms with E-state index < -0.39 is 10.0 Å². The summed E-state index contributed by atoms with van der Waals surface area (Å²) in [5, 5.41) is 11.1. The Hall–Kier alpha value is -2.53. The molecule has 0 fully saturated rings. The summed E-state index contributed by atoms with van der Waals surface area (Å²) in [6.07, 6.45) is 4.06. The number of hydrogen-bond acceptors (Lipinski definition) is 5. The predicted molar refractivity (Wildman–Crippen MR) is 104 cm³/mol. The summed E-state index contributed by atoms with van der Waals surface area (Å²) < 4.78 is 28.5. The number of nitrogens with zero attached hydrogens (tertiary/aromatic N) is 3. The maximum absolute atomic E-state index is 13.4. The molecule has 2 heterocycles. The SMILES string of the molecule is N#Cc1cncc(S(=O)(=O)N(Cc2cccs2)C2Cc3ccccc3C2)c1. The number of sulfonamides is 1. The van der Waals surface area contributed by atoms with Crippen LogP contribution in [0.4, 0.5) is 0 Å². The van der Waals surface area contributed by atoms with Gasteiger partial charge in [0.05, 0.1) is 5.56 Å². The Morgan fingerprint density at radius 3 is 2.52 bits per heavy atom. The van der Waals surface area contributed by atoms with Crippen LogP contribution in [0.1, 0.15) is 21.6 Å². The van der Waals surface area contributed by atoms with Gasteiger partial charge in [0, 0.05) is 29.9 Å². The number of benzene rings is 1. The molecule has 5 nitrogen and oxygen atoms in total. The number of fused-ring (bicyclic) bond motifs is 1. The van der Waals surface area contributed by atoms with Gasteiger partial charge in [0.1, 0.15) is 11.0 Å². The first-order valence-electron chi connectivity index (χ1n) is 8.54. The molecule has 1 aromatic carbocycles. The minimum absolute atomic E-state index is 0.0639. The van der Waals surface area contributed by atoms with E-state index in [-0.39, 0.29) is 16.5 Å². The zero-order chi connectivity index (χ0) is 18.9. The second-order valence-corrected chi connectivity index (χ2v) is 9.40. The van der Waals surface area contributed by atoms with Crippen molar-refractivity contribution in [3.05, 3.63) is 81.8 Å². The lowest BCUT2D eigenvalue weighted by Crippen LogP contribution is -2.40. The molecule has 0 amide bonds. The quantitative estimate of drug-likeness (QED) is 0.664. The highest BCUT2D eigenvalue weighted by molar-refractivity contribution is 7.89. The maximum atomic E-state index is 13.4. The number of thiophene rings is 1. The Bertz CT molecular complexity index is 1080. The summed E-state index contributed by atoms with van der Waals surface area (Å²) in [5.41, 5.74) is 2.62. The highest BCUT2D eigenvalue weighted by atomic mass is 32.2. The van der Waals surface area contributed by atoms with Gasteiger partial charge in [-0.05, 0) is 41.5 Å². The molecule has 0 saturated carbocycles. The normalized spacial score (nSPS) is 14.2. The van der Waals surface area contributed by atoms with Crippen LogP contribution in [0, 0.1) is 11.3 Å². The van der Waals surface area contributed by atoms with Crippen molar-refractivity contribution in [1.29, 1.82) is 5.26 Å². The van der Waals surface area contributed by atoms with Crippen LogP contribution in [0.5, 0.6) is 0 Å². The smallest absolute Gasteiger partial charge is 0.245 e. The van der Waals surface area contributed by atoms with Crippen molar-refractivity contribution >= 4 is 21.4 Å². The van der Waals surface area contributed by atoms with Gasteiger partial charge in [-0.2, -0.15) is 9.57 Å². The number of rotatable bonds is 5. The van der Waals surface area contributed by atoms with E-state index in [9.17, 15) is 8.42 Å². The monoisotopic (exact) mass is 395 g/mol. The van der Waals surface area contributed by atoms with Crippen LogP contribution < -0.4 is 0 Å². The molecule has 1 aliphatic carbocycles. The predicted octanol–water partition coefficient (Wildman–Crippen LogP) is 3.37. The molecule has 0 spiro atoms. The largest absolute Gasteiger partial charge is 0.262 e. The standard InChI is InChI=1S/C20H17N3O2S2/c21-11-15-8-20(13-22-12-15)27(24,25)23(14-19-6-3-7-26-19)18-9-16-4-1-2-5-17(16)10-18/h1-8,12-13,18H,9-10,14H2. The minimum Gasteiger partial charge on any atom is -0.262 e. The molecular weight excluding hydrogens is 378 g/mol. The van der Waals surface area contributed by atoms with Crippen molar-refractivity contribution in [3.63, 3.8) is 0 Å². The summed E-state index contributed by atoms with van der Waals surface area (Å²) in [4.78, 5) is 4.99. The summed E-state index contributed by atoms with van der Waals surface area (Å²) in [6, 6.07) is 15.2. The van der Waals surface area contributed by atoms with E-state index in [1.807, 2.05) is 35.7 Å². The van der Waals surface area contributed by atoms with Gasteiger partial charge in [0.15, 0.2) is 0 Å². The lowest BCUT2D eigenvalue weighted by molar-refractivity contribution is 0.322. The number of pyridine rings is 1. The van der Waals surface area contributed by atoms with Crippen molar-refractivity contribution in [3.8, 4) is 6.07 Å². The minimum atomic E-state index is -3.78. The lowest BCUT2D eigenvalue weighted by atomic mass is 10.1. The topological polar surface area (TPSA) is 74.1 Å². The summed E-state index contributed by atoms with van der Waals surface area (Å²) in [6.45, 7) is 0.315. The van der Waals surface area contributed by atoms with E-state index in [2.05, 4.69) is 17.1 Å². The highest BCUT2D eigenvalue weighted by Crippen LogP contribution is 2.31. The molecular formula is C20H17N3O2S2. The molecule has 3 aromatic rings. The number of nitriles is 1. The fourth-order valence-corrected chi connectivity index (χ4v) is 5.84. The van der Waals surface area contributed by atoms with E-state index in [4.69, 9.17) is 5.26 Å². The first-order valence-corrected chi connectivity index (χ1v) is 10.9. The molecule has 0 bridgehead atoms. The van der Waals surface area contributed by atoms with Crippen LogP contribution in [0.3, 0.4) is 0 Å². The van der Waals surface area contributed by atoms with E-state index >= 15 is 0 Å². The average Bonchev–Trinajstić information content (AvgIpc) is 3.35. The summed E-state index contributed by atoms with van der Waals surface area (Å²) in [5.74, 6) is 0. The summed E-state index contributed by atoms with van der Waals surface area (Å²) in [7, 11) is -3.78. The van der Waals surface area contributed by atoms with Crippen LogP contribution in [-0.4, -0.2) is 23.7 Å². The molecule has 136 valence electrons. The zero-order valence-corrected chi connectivity index (χ0v) is 16.1. The van der Waals surface area contributed by atoms with Gasteiger partial charge >= 0.3 is 0 Å². The average molecular weight is 396 g/mol. The van der Waals surface area contributed by atoms with Crippen LogP contribution in [0.2, 0.25) is 0 Å². The fourth-order valence-electron chi connectivity index (χ4n) is 3.46. The second-order valence-electron chi connectivity index (χ2n) is 6.48. The van der Waals surface area contributed by atoms with Gasteiger partial charge in [0.25, 0.3) is 0 Å². The van der Waals surface area contributed by atoms with Gasteiger partial charge in [-0.15, -0.1) is 11.3 Å². The Balaban J connectivity index is 1.73. The number of hydrogen-bond donors (Lipinski definition) is 0. The van der Waals surface area contributed by atoms with Crippen molar-refractivity contribution in [1.82, 2.24) is 9.29 Å². The zero-order valence-electron chi connectivity index (χ0n) is 14.4. The molecule has 2 aromatic heterocycles. The van der Waals surface area contributed by atoms with Gasteiger partial charge in [0.2, 0.25) is 10.0 Å². The van der Waals surface area contributed by atoms with Crippen molar-refractivity contribution < 1.29 is 8.42 Å². The van der Waals surface area contributed by atoms with Gasteiger partial charge in [-0.25, -0.2) is 8.42 Å². The van der Waals surface area contributed by atoms with E-state index in [0.717, 1.165) is 4.88 Å².